The molecule has 2 heterocycles. The zero-order valence-corrected chi connectivity index (χ0v) is 19.5. The highest BCUT2D eigenvalue weighted by Crippen LogP contribution is 2.42. The summed E-state index contributed by atoms with van der Waals surface area (Å²) in [5.74, 6) is -0.485. The molecule has 0 aliphatic carbocycles. The molecule has 6 heteroatoms. The van der Waals surface area contributed by atoms with Crippen LogP contribution in [0, 0.1) is 5.92 Å². The Bertz CT molecular complexity index is 615. The number of hydrogen-bond donors (Lipinski definition) is 0. The van der Waals surface area contributed by atoms with Gasteiger partial charge in [-0.2, -0.15) is 0 Å². The molecule has 0 aromatic rings. The Morgan fingerprint density at radius 3 is 2.22 bits per heavy atom. The SMILES string of the molecule is C[C@@H](O[Si](C)(C)C(C)(C)C)[C@H]1C(=O)N2[C@@H](C(=O)OC(C)(C)C)CC=CC[C@H]12. The second kappa shape index (κ2) is 7.36. The quantitative estimate of drug-likeness (QED) is 0.308. The van der Waals surface area contributed by atoms with Crippen LogP contribution in [0.25, 0.3) is 0 Å². The van der Waals surface area contributed by atoms with Crippen molar-refractivity contribution in [1.82, 2.24) is 4.90 Å². The van der Waals surface area contributed by atoms with Crippen molar-refractivity contribution in [1.29, 1.82) is 0 Å². The lowest BCUT2D eigenvalue weighted by molar-refractivity contribution is -0.182. The van der Waals surface area contributed by atoms with E-state index >= 15 is 0 Å². The summed E-state index contributed by atoms with van der Waals surface area (Å²) in [5.41, 5.74) is -0.561. The van der Waals surface area contributed by atoms with E-state index in [1.165, 1.54) is 0 Å². The molecule has 1 fully saturated rings. The maximum Gasteiger partial charge on any atom is 0.329 e. The molecule has 0 spiro atoms. The summed E-state index contributed by atoms with van der Waals surface area (Å²) in [4.78, 5) is 27.4. The van der Waals surface area contributed by atoms with Crippen molar-refractivity contribution in [3.05, 3.63) is 12.2 Å². The van der Waals surface area contributed by atoms with Gasteiger partial charge in [-0.05, 0) is 58.7 Å². The lowest BCUT2D eigenvalue weighted by atomic mass is 9.80. The van der Waals surface area contributed by atoms with Gasteiger partial charge in [0.2, 0.25) is 5.91 Å². The molecular formula is C21H37NO4Si. The first-order valence-corrected chi connectivity index (χ1v) is 12.9. The number of ether oxygens (including phenoxy) is 1. The van der Waals surface area contributed by atoms with Gasteiger partial charge in [0.15, 0.2) is 8.32 Å². The van der Waals surface area contributed by atoms with E-state index in [9.17, 15) is 9.59 Å². The Balaban J connectivity index is 2.15. The van der Waals surface area contributed by atoms with E-state index in [1.54, 1.807) is 4.90 Å². The topological polar surface area (TPSA) is 55.8 Å². The van der Waals surface area contributed by atoms with Gasteiger partial charge in [-0.3, -0.25) is 4.79 Å². The minimum absolute atomic E-state index is 0.00790. The van der Waals surface area contributed by atoms with Crippen LogP contribution in [0.4, 0.5) is 0 Å². The number of hydrogen-bond acceptors (Lipinski definition) is 4. The summed E-state index contributed by atoms with van der Waals surface area (Å²) in [6, 6.07) is -0.523. The third-order valence-corrected chi connectivity index (χ3v) is 10.6. The fourth-order valence-corrected chi connectivity index (χ4v) is 5.05. The lowest BCUT2D eigenvalue weighted by Gasteiger charge is -2.52. The Morgan fingerprint density at radius 1 is 1.15 bits per heavy atom. The molecule has 1 amide bonds. The predicted octanol–water partition coefficient (Wildman–Crippen LogP) is 4.28. The zero-order valence-electron chi connectivity index (χ0n) is 18.5. The largest absolute Gasteiger partial charge is 0.458 e. The molecule has 1 saturated heterocycles. The van der Waals surface area contributed by atoms with Crippen molar-refractivity contribution in [3.8, 4) is 0 Å². The van der Waals surface area contributed by atoms with Crippen LogP contribution in [0.1, 0.15) is 61.3 Å². The van der Waals surface area contributed by atoms with Crippen LogP contribution in [0.15, 0.2) is 12.2 Å². The molecule has 27 heavy (non-hydrogen) atoms. The minimum Gasteiger partial charge on any atom is -0.458 e. The molecule has 0 N–H and O–H groups in total. The molecular weight excluding hydrogens is 358 g/mol. The number of nitrogens with zero attached hydrogens (tertiary/aromatic N) is 1. The van der Waals surface area contributed by atoms with Gasteiger partial charge in [0, 0.05) is 0 Å². The van der Waals surface area contributed by atoms with Crippen molar-refractivity contribution >= 4 is 20.2 Å². The smallest absolute Gasteiger partial charge is 0.329 e. The van der Waals surface area contributed by atoms with E-state index in [2.05, 4.69) is 39.9 Å². The standard InChI is InChI=1S/C21H37NO4Si/c1-14(26-27(8,9)21(5,6)7)17-15-12-10-11-13-16(22(15)18(17)23)19(24)25-20(2,3)4/h10-11,14-17H,12-13H2,1-9H3/t14-,15-,16-,17-/m1/s1. The molecule has 5 nitrogen and oxygen atoms in total. The van der Waals surface area contributed by atoms with Crippen molar-refractivity contribution in [3.63, 3.8) is 0 Å². The van der Waals surface area contributed by atoms with E-state index in [0.29, 0.717) is 6.42 Å². The summed E-state index contributed by atoms with van der Waals surface area (Å²) in [5, 5.41) is 0.0934. The van der Waals surface area contributed by atoms with Gasteiger partial charge in [0.05, 0.1) is 18.1 Å². The summed E-state index contributed by atoms with van der Waals surface area (Å²) in [6.07, 6.45) is 5.21. The van der Waals surface area contributed by atoms with Crippen LogP contribution in [0.3, 0.4) is 0 Å². The van der Waals surface area contributed by atoms with Crippen molar-refractivity contribution < 1.29 is 18.8 Å². The monoisotopic (exact) mass is 395 g/mol. The molecule has 0 aromatic carbocycles. The number of carbonyl (C=O) groups excluding carboxylic acids is 2. The van der Waals surface area contributed by atoms with Crippen LogP contribution in [0.2, 0.25) is 18.1 Å². The summed E-state index contributed by atoms with van der Waals surface area (Å²) in [7, 11) is -1.96. The Hall–Kier alpha value is -1.14. The number of β-lactam (4-membered cyclic amide) rings is 1. The summed E-state index contributed by atoms with van der Waals surface area (Å²) in [6.45, 7) is 18.6. The third-order valence-electron chi connectivity index (χ3n) is 6.02. The molecule has 0 radical (unpaired) electrons. The predicted molar refractivity (Wildman–Crippen MR) is 110 cm³/mol. The molecule has 0 bridgehead atoms. The van der Waals surface area contributed by atoms with E-state index < -0.39 is 20.0 Å². The highest BCUT2D eigenvalue weighted by atomic mass is 28.4. The zero-order chi connectivity index (χ0) is 20.8. The Kier molecular flexibility index (Phi) is 6.03. The van der Waals surface area contributed by atoms with E-state index in [-0.39, 0.29) is 35.0 Å². The second-order valence-corrected chi connectivity index (χ2v) is 15.2. The number of rotatable bonds is 4. The first-order valence-electron chi connectivity index (χ1n) is 10.0. The van der Waals surface area contributed by atoms with Gasteiger partial charge in [-0.15, -0.1) is 0 Å². The molecule has 2 aliphatic heterocycles. The van der Waals surface area contributed by atoms with Crippen LogP contribution in [0.5, 0.6) is 0 Å². The maximum atomic E-state index is 13.0. The summed E-state index contributed by atoms with van der Waals surface area (Å²) >= 11 is 0. The van der Waals surface area contributed by atoms with E-state index in [0.717, 1.165) is 6.42 Å². The number of esters is 1. The van der Waals surface area contributed by atoms with Crippen LogP contribution >= 0.6 is 0 Å². The van der Waals surface area contributed by atoms with Crippen molar-refractivity contribution in [2.45, 2.75) is 103 Å². The number of amides is 1. The maximum absolute atomic E-state index is 13.0. The lowest BCUT2D eigenvalue weighted by Crippen LogP contribution is -2.69. The first kappa shape index (κ1) is 22.1. The Labute approximate surface area is 165 Å². The van der Waals surface area contributed by atoms with Gasteiger partial charge in [0.1, 0.15) is 11.6 Å². The van der Waals surface area contributed by atoms with Gasteiger partial charge < -0.3 is 14.1 Å². The molecule has 0 aromatic heterocycles. The van der Waals surface area contributed by atoms with Gasteiger partial charge in [-0.1, -0.05) is 32.9 Å². The fourth-order valence-electron chi connectivity index (χ4n) is 3.62. The average Bonchev–Trinajstić information content (AvgIpc) is 2.63. The van der Waals surface area contributed by atoms with E-state index in [1.807, 2.05) is 33.8 Å². The van der Waals surface area contributed by atoms with Crippen molar-refractivity contribution in [2.24, 2.45) is 5.92 Å². The number of fused-ring (bicyclic) bond motifs is 1. The summed E-state index contributed by atoms with van der Waals surface area (Å²) < 4.78 is 12.1. The molecule has 0 unspecified atom stereocenters. The van der Waals surface area contributed by atoms with Gasteiger partial charge in [0.25, 0.3) is 0 Å². The van der Waals surface area contributed by atoms with E-state index in [4.69, 9.17) is 9.16 Å². The third kappa shape index (κ3) is 4.65. The molecule has 2 rings (SSSR count). The highest BCUT2D eigenvalue weighted by Gasteiger charge is 2.55. The minimum atomic E-state index is -1.96. The van der Waals surface area contributed by atoms with Crippen molar-refractivity contribution in [2.75, 3.05) is 0 Å². The second-order valence-electron chi connectivity index (χ2n) is 10.4. The Morgan fingerprint density at radius 2 is 1.70 bits per heavy atom. The van der Waals surface area contributed by atoms with Gasteiger partial charge >= 0.3 is 5.97 Å². The highest BCUT2D eigenvalue weighted by molar-refractivity contribution is 6.74. The molecule has 154 valence electrons. The number of carbonyl (C=O) groups is 2. The molecule has 2 aliphatic rings. The van der Waals surface area contributed by atoms with Crippen LogP contribution in [-0.2, 0) is 18.8 Å². The average molecular weight is 396 g/mol. The van der Waals surface area contributed by atoms with Crippen LogP contribution in [-0.4, -0.2) is 48.9 Å². The normalized spacial score (nSPS) is 27.5. The van der Waals surface area contributed by atoms with Crippen LogP contribution < -0.4 is 0 Å². The first-order chi connectivity index (χ1) is 12.2. The molecule has 4 atom stereocenters. The molecule has 0 saturated carbocycles. The fraction of sp³-hybridized carbons (Fsp3) is 0.810. The van der Waals surface area contributed by atoms with Gasteiger partial charge in [-0.25, -0.2) is 4.79 Å².